The topological polar surface area (TPSA) is 41.5 Å². The summed E-state index contributed by atoms with van der Waals surface area (Å²) in [5, 5.41) is 0.931. The van der Waals surface area contributed by atoms with E-state index in [1.54, 1.807) is 0 Å². The van der Waals surface area contributed by atoms with E-state index in [9.17, 15) is 0 Å². The molecule has 5 nitrogen and oxygen atoms in total. The van der Waals surface area contributed by atoms with Gasteiger partial charge in [-0.15, -0.1) is 0 Å². The highest BCUT2D eigenvalue weighted by Gasteiger charge is 2.19. The molecule has 1 aliphatic heterocycles. The Morgan fingerprint density at radius 3 is 2.36 bits per heavy atom. The van der Waals surface area contributed by atoms with E-state index in [1.165, 1.54) is 5.56 Å². The summed E-state index contributed by atoms with van der Waals surface area (Å²) in [6.07, 6.45) is 0. The van der Waals surface area contributed by atoms with Crippen molar-refractivity contribution in [3.8, 4) is 11.6 Å². The predicted molar refractivity (Wildman–Crippen MR) is 101 cm³/mol. The Morgan fingerprint density at radius 2 is 1.60 bits per heavy atom. The van der Waals surface area contributed by atoms with Gasteiger partial charge < -0.3 is 14.5 Å². The third-order valence-corrected chi connectivity index (χ3v) is 4.58. The number of hydrogen-bond acceptors (Lipinski definition) is 5. The third-order valence-electron chi connectivity index (χ3n) is 4.58. The highest BCUT2D eigenvalue weighted by Crippen LogP contribution is 2.29. The summed E-state index contributed by atoms with van der Waals surface area (Å²) < 4.78 is 6.11. The molecule has 0 atom stereocenters. The molecule has 128 valence electrons. The van der Waals surface area contributed by atoms with Crippen molar-refractivity contribution in [2.24, 2.45) is 0 Å². The minimum absolute atomic E-state index is 0.614. The van der Waals surface area contributed by atoms with Crippen molar-refractivity contribution in [3.05, 3.63) is 54.1 Å². The van der Waals surface area contributed by atoms with Crippen LogP contribution in [0.25, 0.3) is 10.9 Å². The molecule has 0 spiro atoms. The zero-order valence-electron chi connectivity index (χ0n) is 14.6. The van der Waals surface area contributed by atoms with Crippen LogP contribution in [0.5, 0.6) is 11.6 Å². The second-order valence-electron chi connectivity index (χ2n) is 6.55. The van der Waals surface area contributed by atoms with Crippen molar-refractivity contribution in [2.45, 2.75) is 6.92 Å². The van der Waals surface area contributed by atoms with E-state index in [1.807, 2.05) is 48.5 Å². The smallest absolute Gasteiger partial charge is 0.231 e. The molecule has 1 fully saturated rings. The lowest BCUT2D eigenvalue weighted by atomic mass is 10.2. The highest BCUT2D eigenvalue weighted by atomic mass is 16.5. The molecule has 0 aliphatic carbocycles. The van der Waals surface area contributed by atoms with Gasteiger partial charge in [-0.2, -0.15) is 4.98 Å². The zero-order chi connectivity index (χ0) is 17.2. The summed E-state index contributed by atoms with van der Waals surface area (Å²) in [5.41, 5.74) is 2.12. The van der Waals surface area contributed by atoms with Crippen molar-refractivity contribution >= 4 is 16.9 Å². The van der Waals surface area contributed by atoms with Crippen LogP contribution >= 0.6 is 0 Å². The molecule has 0 bridgehead atoms. The normalized spacial score (nSPS) is 15.5. The van der Waals surface area contributed by atoms with Gasteiger partial charge in [0.1, 0.15) is 5.75 Å². The van der Waals surface area contributed by atoms with Crippen LogP contribution in [0.15, 0.2) is 48.5 Å². The number of nitrogens with zero attached hydrogens (tertiary/aromatic N) is 4. The first-order valence-electron chi connectivity index (χ1n) is 8.64. The van der Waals surface area contributed by atoms with Gasteiger partial charge in [-0.05, 0) is 38.2 Å². The molecule has 0 N–H and O–H groups in total. The first-order chi connectivity index (χ1) is 12.2. The number of para-hydroxylation sites is 1. The molecule has 0 radical (unpaired) electrons. The summed E-state index contributed by atoms with van der Waals surface area (Å²) in [7, 11) is 2.14. The molecule has 1 aromatic heterocycles. The lowest BCUT2D eigenvalue weighted by Crippen LogP contribution is -2.45. The number of piperazine rings is 1. The van der Waals surface area contributed by atoms with Crippen LogP contribution in [0.2, 0.25) is 0 Å². The van der Waals surface area contributed by atoms with Gasteiger partial charge in [-0.25, -0.2) is 4.98 Å². The molecular formula is C20H22N4O. The lowest BCUT2D eigenvalue weighted by Gasteiger charge is -2.32. The fourth-order valence-electron chi connectivity index (χ4n) is 2.98. The van der Waals surface area contributed by atoms with Gasteiger partial charge >= 0.3 is 0 Å². The monoisotopic (exact) mass is 334 g/mol. The molecule has 1 aliphatic rings. The summed E-state index contributed by atoms with van der Waals surface area (Å²) in [6.45, 7) is 5.96. The maximum atomic E-state index is 6.11. The third kappa shape index (κ3) is 3.42. The van der Waals surface area contributed by atoms with Crippen LogP contribution in [0.4, 0.5) is 5.95 Å². The van der Waals surface area contributed by atoms with Gasteiger partial charge in [0.2, 0.25) is 11.8 Å². The molecule has 3 aromatic rings. The van der Waals surface area contributed by atoms with Crippen LogP contribution in [-0.2, 0) is 0 Å². The van der Waals surface area contributed by atoms with Crippen LogP contribution in [0, 0.1) is 6.92 Å². The molecule has 4 rings (SSSR count). The molecule has 0 amide bonds. The second-order valence-corrected chi connectivity index (χ2v) is 6.55. The van der Waals surface area contributed by atoms with Crippen molar-refractivity contribution in [1.29, 1.82) is 0 Å². The standard InChI is InChI=1S/C20H22N4O/c1-15-7-9-16(10-8-15)25-19-17-5-3-4-6-18(17)21-20(22-19)24-13-11-23(2)12-14-24/h3-10H,11-14H2,1-2H3. The average molecular weight is 334 g/mol. The molecular weight excluding hydrogens is 312 g/mol. The molecule has 0 saturated carbocycles. The van der Waals surface area contributed by atoms with Crippen LogP contribution in [-0.4, -0.2) is 48.1 Å². The van der Waals surface area contributed by atoms with Gasteiger partial charge in [0.25, 0.3) is 0 Å². The molecule has 0 unspecified atom stereocenters. The van der Waals surface area contributed by atoms with Gasteiger partial charge in [0.15, 0.2) is 0 Å². The number of aryl methyl sites for hydroxylation is 1. The van der Waals surface area contributed by atoms with E-state index in [0.717, 1.165) is 48.8 Å². The van der Waals surface area contributed by atoms with Crippen molar-refractivity contribution in [3.63, 3.8) is 0 Å². The van der Waals surface area contributed by atoms with E-state index in [4.69, 9.17) is 14.7 Å². The number of benzene rings is 2. The molecule has 5 heteroatoms. The largest absolute Gasteiger partial charge is 0.438 e. The number of hydrogen-bond donors (Lipinski definition) is 0. The first kappa shape index (κ1) is 15.8. The van der Waals surface area contributed by atoms with Crippen LogP contribution < -0.4 is 9.64 Å². The number of rotatable bonds is 3. The number of likely N-dealkylation sites (N-methyl/N-ethyl adjacent to an activating group) is 1. The van der Waals surface area contributed by atoms with Gasteiger partial charge in [0, 0.05) is 26.2 Å². The predicted octanol–water partition coefficient (Wildman–Crippen LogP) is 3.48. The number of fused-ring (bicyclic) bond motifs is 1. The Hall–Kier alpha value is -2.66. The molecule has 2 heterocycles. The fraction of sp³-hybridized carbons (Fsp3) is 0.300. The molecule has 1 saturated heterocycles. The van der Waals surface area contributed by atoms with Crippen molar-refractivity contribution < 1.29 is 4.74 Å². The van der Waals surface area contributed by atoms with Gasteiger partial charge in [-0.3, -0.25) is 0 Å². The Morgan fingerprint density at radius 1 is 0.880 bits per heavy atom. The number of aromatic nitrogens is 2. The SMILES string of the molecule is Cc1ccc(Oc2nc(N3CCN(C)CC3)nc3ccccc23)cc1. The van der Waals surface area contributed by atoms with E-state index in [0.29, 0.717) is 5.88 Å². The maximum Gasteiger partial charge on any atom is 0.231 e. The summed E-state index contributed by atoms with van der Waals surface area (Å²) in [4.78, 5) is 14.0. The van der Waals surface area contributed by atoms with E-state index >= 15 is 0 Å². The summed E-state index contributed by atoms with van der Waals surface area (Å²) >= 11 is 0. The van der Waals surface area contributed by atoms with Crippen molar-refractivity contribution in [2.75, 3.05) is 38.1 Å². The number of ether oxygens (including phenoxy) is 1. The minimum atomic E-state index is 0.614. The summed E-state index contributed by atoms with van der Waals surface area (Å²) in [5.74, 6) is 2.15. The quantitative estimate of drug-likeness (QED) is 0.733. The maximum absolute atomic E-state index is 6.11. The van der Waals surface area contributed by atoms with E-state index in [2.05, 4.69) is 23.8 Å². The first-order valence-corrected chi connectivity index (χ1v) is 8.64. The van der Waals surface area contributed by atoms with E-state index in [-0.39, 0.29) is 0 Å². The Bertz CT molecular complexity index is 871. The Labute approximate surface area is 147 Å². The van der Waals surface area contributed by atoms with Crippen LogP contribution in [0.3, 0.4) is 0 Å². The summed E-state index contributed by atoms with van der Waals surface area (Å²) in [6, 6.07) is 16.0. The molecule has 25 heavy (non-hydrogen) atoms. The van der Waals surface area contributed by atoms with Crippen molar-refractivity contribution in [1.82, 2.24) is 14.9 Å². The average Bonchev–Trinajstić information content (AvgIpc) is 2.64. The molecule has 2 aromatic carbocycles. The Balaban J connectivity index is 1.72. The van der Waals surface area contributed by atoms with Crippen LogP contribution in [0.1, 0.15) is 5.56 Å². The minimum Gasteiger partial charge on any atom is -0.438 e. The lowest BCUT2D eigenvalue weighted by molar-refractivity contribution is 0.311. The highest BCUT2D eigenvalue weighted by molar-refractivity contribution is 5.84. The zero-order valence-corrected chi connectivity index (χ0v) is 14.6. The second kappa shape index (κ2) is 6.69. The number of anilines is 1. The van der Waals surface area contributed by atoms with Gasteiger partial charge in [0.05, 0.1) is 10.9 Å². The fourth-order valence-corrected chi connectivity index (χ4v) is 2.98. The van der Waals surface area contributed by atoms with E-state index < -0.39 is 0 Å². The Kier molecular flexibility index (Phi) is 4.24. The van der Waals surface area contributed by atoms with Gasteiger partial charge in [-0.1, -0.05) is 29.8 Å².